The van der Waals surface area contributed by atoms with Crippen LogP contribution in [0.1, 0.15) is 76.3 Å². The molecule has 0 spiro atoms. The largest absolute Gasteiger partial charge is 1.00 e. The summed E-state index contributed by atoms with van der Waals surface area (Å²) in [5.41, 5.74) is 16.4. The summed E-state index contributed by atoms with van der Waals surface area (Å²) in [5.74, 6) is 3.99. The lowest BCUT2D eigenvalue weighted by Gasteiger charge is -2.38. The van der Waals surface area contributed by atoms with Gasteiger partial charge in [-0.25, -0.2) is 9.36 Å². The van der Waals surface area contributed by atoms with Gasteiger partial charge >= 0.3 is 5.96 Å². The number of aliphatic hydroxyl groups is 1. The second-order valence-corrected chi connectivity index (χ2v) is 16.9. The first-order valence-corrected chi connectivity index (χ1v) is 23.7. The van der Waals surface area contributed by atoms with Gasteiger partial charge in [0.05, 0.1) is 63.6 Å². The van der Waals surface area contributed by atoms with E-state index in [0.29, 0.717) is 141 Å². The molecule has 0 bridgehead atoms. The van der Waals surface area contributed by atoms with E-state index in [9.17, 15) is 14.7 Å². The van der Waals surface area contributed by atoms with Crippen LogP contribution in [0.25, 0.3) is 0 Å². The standard InChI is InChI=1S/C43H72N18O6.ClH/c1-5-23-65-25-27-67-28-26-66-24-14-48-41-49-42(58-19-15-56(16-20-58)38(63)36(11-7-8-12-44)60-31-35(53-54-60)29-33(4)62)51-43(50-41)59-21-17-57(18-22-59)39(64)37(32(3)6-2)61-30-34(52-55-61)10-9-13-47-40(45)46;/h1,30-33,36-37,62H,6-29,44H2,2-4H3,(H4,45,46,47)(H,48,49,50,51);1H/p+1/t32-,33?,36-,37-;/m0./s1. The van der Waals surface area contributed by atoms with Gasteiger partial charge in [-0.15, -0.1) is 16.6 Å². The van der Waals surface area contributed by atoms with Crippen LogP contribution in [0.2, 0.25) is 0 Å². The number of ether oxygens (including phenoxy) is 3. The number of quaternary nitrogens is 1. The number of piperazine rings is 2. The molecule has 2 aliphatic heterocycles. The van der Waals surface area contributed by atoms with Gasteiger partial charge in [0.1, 0.15) is 18.7 Å². The molecule has 25 heteroatoms. The van der Waals surface area contributed by atoms with Crippen LogP contribution in [0.4, 0.5) is 17.8 Å². The Balaban J connectivity index is 0.0000101. The minimum Gasteiger partial charge on any atom is -1.00 e. The van der Waals surface area contributed by atoms with Crippen LogP contribution in [-0.4, -0.2) is 195 Å². The Morgan fingerprint density at radius 3 is 2.03 bits per heavy atom. The maximum atomic E-state index is 14.2. The molecular formula is C43H74ClN18O6+. The molecule has 0 radical (unpaired) electrons. The number of carbonyl (C=O) groups excluding carboxylic acids is 2. The molecule has 378 valence electrons. The van der Waals surface area contributed by atoms with Crippen molar-refractivity contribution in [3.63, 3.8) is 0 Å². The summed E-state index contributed by atoms with van der Waals surface area (Å²) in [6.45, 7) is 13.9. The normalized spacial score (nSPS) is 15.8. The number of aliphatic hydroxyl groups excluding tert-OH is 1. The highest BCUT2D eigenvalue weighted by molar-refractivity contribution is 5.81. The van der Waals surface area contributed by atoms with Crippen molar-refractivity contribution >= 4 is 35.6 Å². The predicted molar refractivity (Wildman–Crippen MR) is 249 cm³/mol. The van der Waals surface area contributed by atoms with Crippen LogP contribution in [0.3, 0.4) is 0 Å². The van der Waals surface area contributed by atoms with Gasteiger partial charge in [-0.05, 0) is 44.9 Å². The summed E-state index contributed by atoms with van der Waals surface area (Å²) >= 11 is 0. The molecule has 3 aromatic rings. The molecule has 2 aliphatic rings. The first-order valence-electron chi connectivity index (χ1n) is 23.7. The van der Waals surface area contributed by atoms with Crippen LogP contribution in [0, 0.1) is 18.3 Å². The van der Waals surface area contributed by atoms with Gasteiger partial charge in [-0.2, -0.15) is 15.0 Å². The topological polar surface area (TPSA) is 301 Å². The number of nitrogens with two attached hydrogens (primary N) is 2. The number of hydrogen-bond donors (Lipinski definition) is 6. The first kappa shape index (κ1) is 55.1. The molecule has 1 unspecified atom stereocenters. The monoisotopic (exact) mass is 974 g/mol. The minimum absolute atomic E-state index is 0. The summed E-state index contributed by atoms with van der Waals surface area (Å²) in [6, 6.07) is -1.01. The number of halogens is 1. The van der Waals surface area contributed by atoms with E-state index in [1.807, 2.05) is 16.0 Å². The number of amides is 2. The summed E-state index contributed by atoms with van der Waals surface area (Å²) in [6.07, 6.45) is 13.2. The molecule has 4 atom stereocenters. The highest BCUT2D eigenvalue weighted by Gasteiger charge is 2.35. The Morgan fingerprint density at radius 1 is 0.838 bits per heavy atom. The number of nitrogens with zero attached hydrogens (tertiary/aromatic N) is 13. The van der Waals surface area contributed by atoms with Crippen molar-refractivity contribution in [3.05, 3.63) is 23.8 Å². The molecule has 0 saturated carbocycles. The van der Waals surface area contributed by atoms with Gasteiger partial charge < -0.3 is 62.4 Å². The van der Waals surface area contributed by atoms with Crippen LogP contribution in [-0.2, 0) is 36.6 Å². The molecule has 5 heterocycles. The minimum atomic E-state index is -0.567. The molecular weight excluding hydrogens is 900 g/mol. The van der Waals surface area contributed by atoms with Gasteiger partial charge in [-0.1, -0.05) is 36.6 Å². The van der Waals surface area contributed by atoms with Crippen LogP contribution >= 0.6 is 0 Å². The number of terminal acetylenes is 1. The zero-order valence-electron chi connectivity index (χ0n) is 40.1. The highest BCUT2D eigenvalue weighted by atomic mass is 35.5. The van der Waals surface area contributed by atoms with Gasteiger partial charge in [0.15, 0.2) is 0 Å². The van der Waals surface area contributed by atoms with Crippen molar-refractivity contribution in [2.75, 3.05) is 127 Å². The lowest BCUT2D eigenvalue weighted by atomic mass is 9.97. The van der Waals surface area contributed by atoms with Crippen molar-refractivity contribution in [2.24, 2.45) is 17.4 Å². The number of guanidine groups is 1. The summed E-state index contributed by atoms with van der Waals surface area (Å²) in [7, 11) is 0. The van der Waals surface area contributed by atoms with Crippen molar-refractivity contribution in [1.29, 1.82) is 0 Å². The van der Waals surface area contributed by atoms with Crippen LogP contribution in [0.15, 0.2) is 12.4 Å². The Labute approximate surface area is 405 Å². The highest BCUT2D eigenvalue weighted by Crippen LogP contribution is 2.26. The fourth-order valence-corrected chi connectivity index (χ4v) is 7.83. The van der Waals surface area contributed by atoms with E-state index in [1.165, 1.54) is 0 Å². The van der Waals surface area contributed by atoms with Gasteiger partial charge in [0.2, 0.25) is 29.7 Å². The van der Waals surface area contributed by atoms with Gasteiger partial charge in [0.25, 0.3) is 0 Å². The number of anilines is 3. The molecule has 24 nitrogen and oxygen atoms in total. The first-order chi connectivity index (χ1) is 32.5. The number of rotatable bonds is 29. The number of hydrogen-bond acceptors (Lipinski definition) is 16. The van der Waals surface area contributed by atoms with Gasteiger partial charge in [0, 0.05) is 77.7 Å². The van der Waals surface area contributed by atoms with E-state index in [0.717, 1.165) is 37.9 Å². The second-order valence-electron chi connectivity index (χ2n) is 16.9. The van der Waals surface area contributed by atoms with E-state index < -0.39 is 18.2 Å². The Kier molecular flexibility index (Phi) is 23.9. The molecule has 2 amide bonds. The fourth-order valence-electron chi connectivity index (χ4n) is 7.83. The van der Waals surface area contributed by atoms with E-state index in [4.69, 9.17) is 47.1 Å². The van der Waals surface area contributed by atoms with E-state index >= 15 is 0 Å². The number of carbonyl (C=O) groups is 2. The smallest absolute Gasteiger partial charge is 0.338 e. The third-order valence-corrected chi connectivity index (χ3v) is 11.7. The molecule has 5 rings (SSSR count). The van der Waals surface area contributed by atoms with E-state index in [2.05, 4.69) is 66.2 Å². The van der Waals surface area contributed by atoms with E-state index in [-0.39, 0.29) is 42.7 Å². The maximum Gasteiger partial charge on any atom is 0.338 e. The number of aryl methyl sites for hydroxylation is 1. The average Bonchev–Trinajstić information content (AvgIpc) is 4.00. The molecule has 68 heavy (non-hydrogen) atoms. The van der Waals surface area contributed by atoms with Crippen molar-refractivity contribution < 1.29 is 52.0 Å². The quantitative estimate of drug-likeness (QED) is 0.0163. The Hall–Kier alpha value is -5.45. The van der Waals surface area contributed by atoms with E-state index in [1.54, 1.807) is 22.5 Å². The third-order valence-electron chi connectivity index (χ3n) is 11.7. The SMILES string of the molecule is C#CCOCCOCCOCCNc1nc(N2CCN(C(=O)[C@H]([C@@H](C)CC)n3cc(CCC[NH+]=C(N)N)nn3)CC2)nc(N2CCN(C(=O)[C@H](CCCC[NH3+])n3cc(CC(C)O)nn3)CC2)n1.[Cl-]. The third kappa shape index (κ3) is 17.3. The van der Waals surface area contributed by atoms with Crippen molar-refractivity contribution in [3.8, 4) is 12.3 Å². The molecule has 2 saturated heterocycles. The zero-order valence-corrected chi connectivity index (χ0v) is 40.8. The van der Waals surface area contributed by atoms with Crippen molar-refractivity contribution in [1.82, 2.24) is 54.7 Å². The molecule has 10 N–H and O–H groups in total. The van der Waals surface area contributed by atoms with Crippen molar-refractivity contribution in [2.45, 2.75) is 83.9 Å². The summed E-state index contributed by atoms with van der Waals surface area (Å²) in [5, 5.41) is 30.5. The molecule has 3 aromatic heterocycles. The molecule has 0 aliphatic carbocycles. The maximum absolute atomic E-state index is 14.2. The fraction of sp³-hybridized carbons (Fsp3) is 0.721. The number of aromatic nitrogens is 9. The molecule has 2 fully saturated rings. The predicted octanol–water partition coefficient (Wildman–Crippen LogP) is -6.40. The second kappa shape index (κ2) is 29.4. The summed E-state index contributed by atoms with van der Waals surface area (Å²) < 4.78 is 19.9. The Morgan fingerprint density at radius 2 is 1.43 bits per heavy atom. The average molecular weight is 975 g/mol. The van der Waals surface area contributed by atoms with Gasteiger partial charge in [-0.3, -0.25) is 26.0 Å². The molecule has 0 aromatic carbocycles. The lowest BCUT2D eigenvalue weighted by molar-refractivity contribution is -0.459. The van der Waals surface area contributed by atoms with Crippen LogP contribution < -0.4 is 49.7 Å². The lowest BCUT2D eigenvalue weighted by Crippen LogP contribution is -3.00. The summed E-state index contributed by atoms with van der Waals surface area (Å²) in [4.78, 5) is 53.8. The number of unbranched alkanes of at least 4 members (excludes halogenated alkanes) is 1. The van der Waals surface area contributed by atoms with Crippen LogP contribution in [0.5, 0.6) is 0 Å². The Bertz CT molecular complexity index is 2010. The zero-order chi connectivity index (χ0) is 48.0. The number of nitrogens with one attached hydrogen (secondary N) is 2.